The number of benzene rings is 1. The van der Waals surface area contributed by atoms with Gasteiger partial charge in [-0.2, -0.15) is 0 Å². The Morgan fingerprint density at radius 1 is 1.29 bits per heavy atom. The second kappa shape index (κ2) is 5.35. The van der Waals surface area contributed by atoms with Crippen LogP contribution in [0.5, 0.6) is 0 Å². The van der Waals surface area contributed by atoms with Crippen molar-refractivity contribution in [3.05, 3.63) is 34.9 Å². The maximum absolute atomic E-state index is 11.0. The summed E-state index contributed by atoms with van der Waals surface area (Å²) in [5, 5.41) is 9.04. The predicted molar refractivity (Wildman–Crippen MR) is 70.3 cm³/mol. The lowest BCUT2D eigenvalue weighted by Crippen LogP contribution is -2.23. The third-order valence-electron chi connectivity index (χ3n) is 3.33. The first kappa shape index (κ1) is 13.8. The van der Waals surface area contributed by atoms with Gasteiger partial charge in [0.15, 0.2) is 0 Å². The van der Waals surface area contributed by atoms with Crippen LogP contribution in [0, 0.1) is 19.3 Å². The van der Waals surface area contributed by atoms with Crippen molar-refractivity contribution in [3.8, 4) is 0 Å². The van der Waals surface area contributed by atoms with E-state index in [9.17, 15) is 4.79 Å². The van der Waals surface area contributed by atoms with E-state index in [0.29, 0.717) is 0 Å². The third-order valence-corrected chi connectivity index (χ3v) is 3.33. The molecule has 94 valence electrons. The third kappa shape index (κ3) is 3.88. The topological polar surface area (TPSA) is 37.3 Å². The highest BCUT2D eigenvalue weighted by molar-refractivity contribution is 5.73. The molecular formula is C15H22O2. The molecule has 1 aromatic carbocycles. The van der Waals surface area contributed by atoms with E-state index in [1.807, 2.05) is 0 Å². The molecule has 0 bridgehead atoms. The molecule has 0 spiro atoms. The SMILES string of the molecule is Cc1ccc(C)c(CCCC(C)(C)C(=O)O)c1. The van der Waals surface area contributed by atoms with Gasteiger partial charge in [0.2, 0.25) is 0 Å². The molecule has 0 aliphatic carbocycles. The standard InChI is InChI=1S/C15H22O2/c1-11-7-8-12(2)13(10-11)6-5-9-15(3,4)14(16)17/h7-8,10H,5-6,9H2,1-4H3,(H,16,17). The van der Waals surface area contributed by atoms with Crippen LogP contribution >= 0.6 is 0 Å². The number of aryl methyl sites for hydroxylation is 3. The summed E-state index contributed by atoms with van der Waals surface area (Å²) in [7, 11) is 0. The van der Waals surface area contributed by atoms with E-state index in [0.717, 1.165) is 19.3 Å². The van der Waals surface area contributed by atoms with Crippen LogP contribution in [-0.2, 0) is 11.2 Å². The summed E-state index contributed by atoms with van der Waals surface area (Å²) in [5.41, 5.74) is 3.29. The highest BCUT2D eigenvalue weighted by Crippen LogP contribution is 2.24. The van der Waals surface area contributed by atoms with Gasteiger partial charge in [0.05, 0.1) is 5.41 Å². The molecule has 0 saturated heterocycles. The van der Waals surface area contributed by atoms with Crippen LogP contribution in [0.25, 0.3) is 0 Å². The fraction of sp³-hybridized carbons (Fsp3) is 0.533. The van der Waals surface area contributed by atoms with Crippen molar-refractivity contribution < 1.29 is 9.90 Å². The average Bonchev–Trinajstić information content (AvgIpc) is 2.22. The van der Waals surface area contributed by atoms with E-state index in [1.54, 1.807) is 13.8 Å². The van der Waals surface area contributed by atoms with Crippen molar-refractivity contribution in [1.29, 1.82) is 0 Å². The summed E-state index contributed by atoms with van der Waals surface area (Å²) >= 11 is 0. The van der Waals surface area contributed by atoms with Crippen molar-refractivity contribution in [2.75, 3.05) is 0 Å². The van der Waals surface area contributed by atoms with Gasteiger partial charge in [-0.05, 0) is 58.1 Å². The van der Waals surface area contributed by atoms with Gasteiger partial charge in [-0.25, -0.2) is 0 Å². The molecule has 2 nitrogen and oxygen atoms in total. The smallest absolute Gasteiger partial charge is 0.309 e. The number of carbonyl (C=O) groups is 1. The molecule has 0 fully saturated rings. The summed E-state index contributed by atoms with van der Waals surface area (Å²) in [4.78, 5) is 11.0. The quantitative estimate of drug-likeness (QED) is 0.842. The zero-order chi connectivity index (χ0) is 13.1. The molecular weight excluding hydrogens is 212 g/mol. The van der Waals surface area contributed by atoms with Gasteiger partial charge >= 0.3 is 5.97 Å². The van der Waals surface area contributed by atoms with Crippen LogP contribution in [0.3, 0.4) is 0 Å². The maximum atomic E-state index is 11.0. The Labute approximate surface area is 104 Å². The van der Waals surface area contributed by atoms with Crippen molar-refractivity contribution >= 4 is 5.97 Å². The molecule has 0 atom stereocenters. The highest BCUT2D eigenvalue weighted by Gasteiger charge is 2.26. The van der Waals surface area contributed by atoms with E-state index >= 15 is 0 Å². The Balaban J connectivity index is 2.57. The molecule has 0 unspecified atom stereocenters. The highest BCUT2D eigenvalue weighted by atomic mass is 16.4. The lowest BCUT2D eigenvalue weighted by molar-refractivity contribution is -0.147. The van der Waals surface area contributed by atoms with Crippen LogP contribution in [0.2, 0.25) is 0 Å². The number of carboxylic acid groups (broad SMARTS) is 1. The minimum atomic E-state index is -0.710. The summed E-state index contributed by atoms with van der Waals surface area (Å²) in [6.45, 7) is 7.78. The van der Waals surface area contributed by atoms with Crippen LogP contribution in [0.1, 0.15) is 43.4 Å². The van der Waals surface area contributed by atoms with Gasteiger partial charge in [0, 0.05) is 0 Å². The number of rotatable bonds is 5. The Kier molecular flexibility index (Phi) is 4.33. The molecule has 0 heterocycles. The molecule has 1 N–H and O–H groups in total. The Morgan fingerprint density at radius 2 is 1.94 bits per heavy atom. The summed E-state index contributed by atoms with van der Waals surface area (Å²) in [5.74, 6) is -0.710. The van der Waals surface area contributed by atoms with Crippen LogP contribution in [-0.4, -0.2) is 11.1 Å². The largest absolute Gasteiger partial charge is 0.481 e. The summed E-state index contributed by atoms with van der Waals surface area (Å²) in [6.07, 6.45) is 2.60. The zero-order valence-corrected chi connectivity index (χ0v) is 11.2. The van der Waals surface area contributed by atoms with E-state index in [4.69, 9.17) is 5.11 Å². The fourth-order valence-electron chi connectivity index (χ4n) is 1.90. The van der Waals surface area contributed by atoms with E-state index in [-0.39, 0.29) is 0 Å². The van der Waals surface area contributed by atoms with Crippen LogP contribution in [0.4, 0.5) is 0 Å². The van der Waals surface area contributed by atoms with Gasteiger partial charge in [0.25, 0.3) is 0 Å². The van der Waals surface area contributed by atoms with Crippen LogP contribution in [0.15, 0.2) is 18.2 Å². The molecule has 0 aromatic heterocycles. The molecule has 2 heteroatoms. The molecule has 0 aliphatic heterocycles. The van der Waals surface area contributed by atoms with E-state index in [1.165, 1.54) is 16.7 Å². The van der Waals surface area contributed by atoms with Gasteiger partial charge in [-0.1, -0.05) is 23.8 Å². The Morgan fingerprint density at radius 3 is 2.53 bits per heavy atom. The van der Waals surface area contributed by atoms with Gasteiger partial charge in [-0.15, -0.1) is 0 Å². The summed E-state index contributed by atoms with van der Waals surface area (Å²) in [6, 6.07) is 6.44. The molecule has 17 heavy (non-hydrogen) atoms. The number of hydrogen-bond donors (Lipinski definition) is 1. The fourth-order valence-corrected chi connectivity index (χ4v) is 1.90. The first-order valence-corrected chi connectivity index (χ1v) is 6.12. The predicted octanol–water partition coefficient (Wildman–Crippen LogP) is 3.74. The lowest BCUT2D eigenvalue weighted by atomic mass is 9.86. The number of hydrogen-bond acceptors (Lipinski definition) is 1. The first-order chi connectivity index (χ1) is 7.83. The zero-order valence-electron chi connectivity index (χ0n) is 11.2. The molecule has 1 rings (SSSR count). The number of carboxylic acids is 1. The molecule has 0 radical (unpaired) electrons. The minimum absolute atomic E-state index is 0.613. The Hall–Kier alpha value is -1.31. The van der Waals surface area contributed by atoms with Crippen LogP contribution < -0.4 is 0 Å². The average molecular weight is 234 g/mol. The van der Waals surface area contributed by atoms with E-state index in [2.05, 4.69) is 32.0 Å². The van der Waals surface area contributed by atoms with Gasteiger partial charge in [0.1, 0.15) is 0 Å². The Bertz CT molecular complexity index is 405. The van der Waals surface area contributed by atoms with Crippen molar-refractivity contribution in [2.45, 2.75) is 47.0 Å². The molecule has 1 aromatic rings. The first-order valence-electron chi connectivity index (χ1n) is 6.12. The molecule has 0 aliphatic rings. The van der Waals surface area contributed by atoms with Crippen molar-refractivity contribution in [3.63, 3.8) is 0 Å². The molecule has 0 amide bonds. The lowest BCUT2D eigenvalue weighted by Gasteiger charge is -2.18. The second-order valence-corrected chi connectivity index (χ2v) is 5.47. The van der Waals surface area contributed by atoms with Gasteiger partial charge < -0.3 is 5.11 Å². The van der Waals surface area contributed by atoms with Crippen molar-refractivity contribution in [1.82, 2.24) is 0 Å². The summed E-state index contributed by atoms with van der Waals surface area (Å²) < 4.78 is 0. The number of aliphatic carboxylic acids is 1. The maximum Gasteiger partial charge on any atom is 0.309 e. The van der Waals surface area contributed by atoms with Gasteiger partial charge in [-0.3, -0.25) is 4.79 Å². The van der Waals surface area contributed by atoms with Crippen molar-refractivity contribution in [2.24, 2.45) is 5.41 Å². The molecule has 0 saturated carbocycles. The van der Waals surface area contributed by atoms with E-state index < -0.39 is 11.4 Å². The normalized spacial score (nSPS) is 11.5. The minimum Gasteiger partial charge on any atom is -0.481 e. The monoisotopic (exact) mass is 234 g/mol. The second-order valence-electron chi connectivity index (χ2n) is 5.47.